The van der Waals surface area contributed by atoms with Crippen molar-refractivity contribution in [3.05, 3.63) is 56.0 Å². The van der Waals surface area contributed by atoms with Crippen molar-refractivity contribution in [3.8, 4) is 11.5 Å². The van der Waals surface area contributed by atoms with Gasteiger partial charge in [-0.15, -0.1) is 0 Å². The second-order valence-electron chi connectivity index (χ2n) is 4.36. The van der Waals surface area contributed by atoms with Gasteiger partial charge in [-0.05, 0) is 45.8 Å². The maximum Gasteiger partial charge on any atom is 0.141 e. The smallest absolute Gasteiger partial charge is 0.141 e. The lowest BCUT2D eigenvalue weighted by atomic mass is 9.98. The van der Waals surface area contributed by atoms with Crippen LogP contribution in [0.2, 0.25) is 10.0 Å². The number of ether oxygens (including phenoxy) is 2. The first-order chi connectivity index (χ1) is 9.99. The van der Waals surface area contributed by atoms with Gasteiger partial charge in [-0.1, -0.05) is 29.3 Å². The van der Waals surface area contributed by atoms with Gasteiger partial charge in [0.1, 0.15) is 16.0 Å². The summed E-state index contributed by atoms with van der Waals surface area (Å²) in [6.45, 7) is 0. The van der Waals surface area contributed by atoms with E-state index in [1.165, 1.54) is 0 Å². The molecule has 0 aliphatic rings. The van der Waals surface area contributed by atoms with E-state index in [0.29, 0.717) is 21.5 Å². The summed E-state index contributed by atoms with van der Waals surface area (Å²) in [6.07, 6.45) is 0. The van der Waals surface area contributed by atoms with Crippen LogP contribution in [0, 0.1) is 0 Å². The quantitative estimate of drug-likeness (QED) is 0.813. The Morgan fingerprint density at radius 3 is 2.33 bits per heavy atom. The van der Waals surface area contributed by atoms with Crippen LogP contribution in [0.15, 0.2) is 34.8 Å². The summed E-state index contributed by atoms with van der Waals surface area (Å²) in [5.41, 5.74) is 8.00. The van der Waals surface area contributed by atoms with Crippen molar-refractivity contribution in [2.75, 3.05) is 14.2 Å². The summed E-state index contributed by atoms with van der Waals surface area (Å²) in [6, 6.07) is 8.64. The third-order valence-corrected chi connectivity index (χ3v) is 4.64. The summed E-state index contributed by atoms with van der Waals surface area (Å²) >= 11 is 15.4. The van der Waals surface area contributed by atoms with E-state index in [2.05, 4.69) is 15.9 Å². The maximum absolute atomic E-state index is 6.33. The highest BCUT2D eigenvalue weighted by Crippen LogP contribution is 2.41. The number of methoxy groups -OCH3 is 2. The van der Waals surface area contributed by atoms with Crippen LogP contribution >= 0.6 is 39.1 Å². The molecule has 0 saturated heterocycles. The van der Waals surface area contributed by atoms with Crippen LogP contribution in [-0.2, 0) is 0 Å². The summed E-state index contributed by atoms with van der Waals surface area (Å²) in [4.78, 5) is 0. The summed E-state index contributed by atoms with van der Waals surface area (Å²) in [7, 11) is 3.18. The molecule has 3 nitrogen and oxygen atoms in total. The molecule has 21 heavy (non-hydrogen) atoms. The molecule has 0 heterocycles. The summed E-state index contributed by atoms with van der Waals surface area (Å²) in [5.74, 6) is 1.31. The van der Waals surface area contributed by atoms with Crippen LogP contribution < -0.4 is 15.2 Å². The predicted molar refractivity (Wildman–Crippen MR) is 89.7 cm³/mol. The minimum atomic E-state index is -0.392. The van der Waals surface area contributed by atoms with E-state index >= 15 is 0 Å². The first kappa shape index (κ1) is 16.4. The van der Waals surface area contributed by atoms with Crippen molar-refractivity contribution < 1.29 is 9.47 Å². The Balaban J connectivity index is 2.50. The van der Waals surface area contributed by atoms with Gasteiger partial charge in [-0.3, -0.25) is 0 Å². The highest BCUT2D eigenvalue weighted by molar-refractivity contribution is 9.10. The Morgan fingerprint density at radius 1 is 1.05 bits per heavy atom. The average molecular weight is 391 g/mol. The van der Waals surface area contributed by atoms with Gasteiger partial charge >= 0.3 is 0 Å². The number of hydrogen-bond acceptors (Lipinski definition) is 3. The minimum Gasteiger partial charge on any atom is -0.495 e. The standard InChI is InChI=1S/C15H14BrCl2NO2/c1-20-12-6-4-9(15(21-2)13(12)16)14(19)8-3-5-10(17)11(18)7-8/h3-7,14H,19H2,1-2H3. The van der Waals surface area contributed by atoms with E-state index in [-0.39, 0.29) is 0 Å². The molecular formula is C15H14BrCl2NO2. The molecule has 0 radical (unpaired) electrons. The fraction of sp³-hybridized carbons (Fsp3) is 0.200. The second-order valence-corrected chi connectivity index (χ2v) is 5.96. The van der Waals surface area contributed by atoms with E-state index in [9.17, 15) is 0 Å². The van der Waals surface area contributed by atoms with Crippen LogP contribution in [0.5, 0.6) is 11.5 Å². The van der Waals surface area contributed by atoms with Gasteiger partial charge < -0.3 is 15.2 Å². The zero-order chi connectivity index (χ0) is 15.6. The van der Waals surface area contributed by atoms with Crippen molar-refractivity contribution in [2.24, 2.45) is 5.73 Å². The molecule has 1 atom stereocenters. The molecule has 0 fully saturated rings. The molecule has 6 heteroatoms. The molecule has 0 aromatic heterocycles. The van der Waals surface area contributed by atoms with Crippen LogP contribution in [-0.4, -0.2) is 14.2 Å². The fourth-order valence-electron chi connectivity index (χ4n) is 2.05. The zero-order valence-electron chi connectivity index (χ0n) is 11.5. The highest BCUT2D eigenvalue weighted by atomic mass is 79.9. The van der Waals surface area contributed by atoms with E-state index in [0.717, 1.165) is 15.6 Å². The lowest BCUT2D eigenvalue weighted by molar-refractivity contribution is 0.385. The van der Waals surface area contributed by atoms with Gasteiger partial charge in [-0.2, -0.15) is 0 Å². The normalized spacial score (nSPS) is 12.1. The van der Waals surface area contributed by atoms with Crippen molar-refractivity contribution in [3.63, 3.8) is 0 Å². The maximum atomic E-state index is 6.33. The Bertz CT molecular complexity index is 664. The number of hydrogen-bond donors (Lipinski definition) is 1. The Hall–Kier alpha value is -0.940. The van der Waals surface area contributed by atoms with Crippen LogP contribution in [0.4, 0.5) is 0 Å². The number of nitrogens with two attached hydrogens (primary N) is 1. The topological polar surface area (TPSA) is 44.5 Å². The molecular weight excluding hydrogens is 377 g/mol. The van der Waals surface area contributed by atoms with Gasteiger partial charge in [0.2, 0.25) is 0 Å². The molecule has 0 amide bonds. The first-order valence-electron chi connectivity index (χ1n) is 6.10. The average Bonchev–Trinajstić information content (AvgIpc) is 2.49. The molecule has 2 rings (SSSR count). The third kappa shape index (κ3) is 3.29. The van der Waals surface area contributed by atoms with Gasteiger partial charge in [0.15, 0.2) is 0 Å². The van der Waals surface area contributed by atoms with Gasteiger partial charge in [0.05, 0.1) is 30.3 Å². The minimum absolute atomic E-state index is 0.392. The van der Waals surface area contributed by atoms with Crippen LogP contribution in [0.1, 0.15) is 17.2 Å². The second kappa shape index (κ2) is 6.88. The van der Waals surface area contributed by atoms with E-state index in [4.69, 9.17) is 38.4 Å². The van der Waals surface area contributed by atoms with E-state index in [1.54, 1.807) is 26.4 Å². The van der Waals surface area contributed by atoms with Crippen molar-refractivity contribution >= 4 is 39.1 Å². The molecule has 0 saturated carbocycles. The summed E-state index contributed by atoms with van der Waals surface area (Å²) in [5, 5.41) is 0.964. The Kier molecular flexibility index (Phi) is 5.38. The van der Waals surface area contributed by atoms with Crippen molar-refractivity contribution in [1.29, 1.82) is 0 Å². The fourth-order valence-corrected chi connectivity index (χ4v) is 3.04. The number of halogens is 3. The van der Waals surface area contributed by atoms with E-state index in [1.807, 2.05) is 18.2 Å². The molecule has 0 aliphatic heterocycles. The third-order valence-electron chi connectivity index (χ3n) is 3.15. The number of benzene rings is 2. The van der Waals surface area contributed by atoms with E-state index < -0.39 is 6.04 Å². The molecule has 1 unspecified atom stereocenters. The molecule has 2 aromatic carbocycles. The molecule has 0 bridgehead atoms. The largest absolute Gasteiger partial charge is 0.495 e. The molecule has 112 valence electrons. The van der Waals surface area contributed by atoms with Crippen molar-refractivity contribution in [1.82, 2.24) is 0 Å². The van der Waals surface area contributed by atoms with Gasteiger partial charge in [0.25, 0.3) is 0 Å². The van der Waals surface area contributed by atoms with Crippen LogP contribution in [0.3, 0.4) is 0 Å². The van der Waals surface area contributed by atoms with Crippen molar-refractivity contribution in [2.45, 2.75) is 6.04 Å². The Morgan fingerprint density at radius 2 is 1.76 bits per heavy atom. The lowest BCUT2D eigenvalue weighted by Crippen LogP contribution is -2.13. The zero-order valence-corrected chi connectivity index (χ0v) is 14.6. The molecule has 0 spiro atoms. The lowest BCUT2D eigenvalue weighted by Gasteiger charge is -2.19. The number of rotatable bonds is 4. The molecule has 0 aliphatic carbocycles. The predicted octanol–water partition coefficient (Wildman–Crippen LogP) is 4.82. The van der Waals surface area contributed by atoms with Crippen LogP contribution in [0.25, 0.3) is 0 Å². The van der Waals surface area contributed by atoms with Gasteiger partial charge in [0, 0.05) is 5.56 Å². The molecule has 2 N–H and O–H groups in total. The Labute approximate surface area is 142 Å². The SMILES string of the molecule is COc1ccc(C(N)c2ccc(Cl)c(Cl)c2)c(OC)c1Br. The molecule has 2 aromatic rings. The van der Waals surface area contributed by atoms with Gasteiger partial charge in [-0.25, -0.2) is 0 Å². The summed E-state index contributed by atoms with van der Waals surface area (Å²) < 4.78 is 11.4. The highest BCUT2D eigenvalue weighted by Gasteiger charge is 2.19. The first-order valence-corrected chi connectivity index (χ1v) is 7.65. The monoisotopic (exact) mass is 389 g/mol.